The van der Waals surface area contributed by atoms with Crippen molar-refractivity contribution >= 4 is 17.3 Å². The lowest BCUT2D eigenvalue weighted by Gasteiger charge is -2.24. The minimum Gasteiger partial charge on any atom is -0.393 e. The van der Waals surface area contributed by atoms with E-state index in [4.69, 9.17) is 0 Å². The van der Waals surface area contributed by atoms with Gasteiger partial charge >= 0.3 is 0 Å². The van der Waals surface area contributed by atoms with E-state index in [-0.39, 0.29) is 6.10 Å². The molecule has 0 bridgehead atoms. The molecular formula is C15H25N3OS. The summed E-state index contributed by atoms with van der Waals surface area (Å²) in [6.45, 7) is 1.77. The molecule has 1 aliphatic rings. The van der Waals surface area contributed by atoms with Gasteiger partial charge in [-0.1, -0.05) is 12.5 Å². The molecule has 2 unspecified atom stereocenters. The zero-order valence-corrected chi connectivity index (χ0v) is 13.2. The summed E-state index contributed by atoms with van der Waals surface area (Å²) in [5, 5.41) is 15.4. The molecule has 112 valence electrons. The number of thiophene rings is 1. The van der Waals surface area contributed by atoms with Crippen LogP contribution in [0.25, 0.3) is 0 Å². The average molecular weight is 295 g/mol. The predicted molar refractivity (Wildman–Crippen MR) is 85.4 cm³/mol. The Kier molecular flexibility index (Phi) is 5.86. The van der Waals surface area contributed by atoms with Crippen LogP contribution in [0.1, 0.15) is 24.1 Å². The van der Waals surface area contributed by atoms with Gasteiger partial charge in [0.05, 0.1) is 6.10 Å². The van der Waals surface area contributed by atoms with Crippen LogP contribution in [-0.4, -0.2) is 49.3 Å². The quantitative estimate of drug-likeness (QED) is 0.645. The van der Waals surface area contributed by atoms with Gasteiger partial charge in [0, 0.05) is 38.0 Å². The molecule has 0 spiro atoms. The summed E-state index contributed by atoms with van der Waals surface area (Å²) in [5.74, 6) is 1.29. The molecule has 1 saturated carbocycles. The second-order valence-electron chi connectivity index (χ2n) is 5.44. The monoisotopic (exact) mass is 295 g/mol. The fourth-order valence-electron chi connectivity index (χ4n) is 2.70. The molecule has 0 aliphatic heterocycles. The van der Waals surface area contributed by atoms with Gasteiger partial charge in [-0.05, 0) is 30.7 Å². The highest BCUT2D eigenvalue weighted by Crippen LogP contribution is 2.24. The van der Waals surface area contributed by atoms with Crippen molar-refractivity contribution in [2.45, 2.75) is 31.8 Å². The van der Waals surface area contributed by atoms with E-state index in [9.17, 15) is 5.11 Å². The minimum absolute atomic E-state index is 0.142. The molecule has 20 heavy (non-hydrogen) atoms. The Bertz CT molecular complexity index is 419. The lowest BCUT2D eigenvalue weighted by atomic mass is 10.1. The lowest BCUT2D eigenvalue weighted by Crippen LogP contribution is -2.42. The van der Waals surface area contributed by atoms with E-state index >= 15 is 0 Å². The van der Waals surface area contributed by atoms with Crippen LogP contribution in [0.15, 0.2) is 22.5 Å². The van der Waals surface area contributed by atoms with Gasteiger partial charge < -0.3 is 15.3 Å². The Morgan fingerprint density at radius 2 is 2.40 bits per heavy atom. The van der Waals surface area contributed by atoms with Crippen LogP contribution < -0.4 is 5.32 Å². The number of hydrogen-bond donors (Lipinski definition) is 2. The van der Waals surface area contributed by atoms with Crippen molar-refractivity contribution in [3.63, 3.8) is 0 Å². The summed E-state index contributed by atoms with van der Waals surface area (Å²) in [6, 6.07) is 4.26. The molecule has 2 atom stereocenters. The number of guanidine groups is 1. The molecular weight excluding hydrogens is 270 g/mol. The number of aliphatic imine (C=N–C) groups is 1. The topological polar surface area (TPSA) is 47.9 Å². The standard InChI is InChI=1S/C15H25N3OS/c1-16-15(17-11-12-5-3-7-14(12)19)18(2)9-8-13-6-4-10-20-13/h4,6,10,12,14,19H,3,5,7-9,11H2,1-2H3,(H,16,17). The smallest absolute Gasteiger partial charge is 0.193 e. The summed E-state index contributed by atoms with van der Waals surface area (Å²) in [6.07, 6.45) is 4.10. The van der Waals surface area contributed by atoms with Gasteiger partial charge in [0.15, 0.2) is 5.96 Å². The zero-order chi connectivity index (χ0) is 14.4. The normalized spacial score (nSPS) is 23.1. The minimum atomic E-state index is -0.142. The van der Waals surface area contributed by atoms with Gasteiger partial charge in [0.25, 0.3) is 0 Å². The highest BCUT2D eigenvalue weighted by atomic mass is 32.1. The second-order valence-corrected chi connectivity index (χ2v) is 6.47. The van der Waals surface area contributed by atoms with Crippen LogP contribution in [0.5, 0.6) is 0 Å². The maximum absolute atomic E-state index is 9.85. The van der Waals surface area contributed by atoms with Crippen molar-refractivity contribution in [2.75, 3.05) is 27.2 Å². The van der Waals surface area contributed by atoms with Crippen molar-refractivity contribution in [1.82, 2.24) is 10.2 Å². The molecule has 2 N–H and O–H groups in total. The molecule has 0 radical (unpaired) electrons. The fraction of sp³-hybridized carbons (Fsp3) is 0.667. The van der Waals surface area contributed by atoms with E-state index < -0.39 is 0 Å². The van der Waals surface area contributed by atoms with E-state index in [2.05, 4.69) is 39.8 Å². The van der Waals surface area contributed by atoms with Crippen molar-refractivity contribution in [3.8, 4) is 0 Å². The molecule has 1 aromatic heterocycles. The summed E-state index contributed by atoms with van der Waals surface area (Å²) in [4.78, 5) is 7.88. The number of aliphatic hydroxyl groups excluding tert-OH is 1. The first-order valence-corrected chi connectivity index (χ1v) is 8.21. The highest BCUT2D eigenvalue weighted by Gasteiger charge is 2.25. The summed E-state index contributed by atoms with van der Waals surface area (Å²) in [5.41, 5.74) is 0. The zero-order valence-electron chi connectivity index (χ0n) is 12.4. The van der Waals surface area contributed by atoms with Crippen molar-refractivity contribution in [3.05, 3.63) is 22.4 Å². The third kappa shape index (κ3) is 4.21. The highest BCUT2D eigenvalue weighted by molar-refractivity contribution is 7.09. The molecule has 1 heterocycles. The molecule has 4 nitrogen and oxygen atoms in total. The number of rotatable bonds is 5. The molecule has 2 rings (SSSR count). The van der Waals surface area contributed by atoms with Gasteiger partial charge in [-0.2, -0.15) is 0 Å². The van der Waals surface area contributed by atoms with E-state index in [0.29, 0.717) is 5.92 Å². The summed E-state index contributed by atoms with van der Waals surface area (Å²) >= 11 is 1.80. The first-order chi connectivity index (χ1) is 9.70. The maximum atomic E-state index is 9.85. The van der Waals surface area contributed by atoms with Gasteiger partial charge in [0.1, 0.15) is 0 Å². The first-order valence-electron chi connectivity index (χ1n) is 7.33. The van der Waals surface area contributed by atoms with E-state index in [1.54, 1.807) is 11.3 Å². The second kappa shape index (κ2) is 7.64. The van der Waals surface area contributed by atoms with E-state index in [1.165, 1.54) is 4.88 Å². The molecule has 1 aromatic rings. The largest absolute Gasteiger partial charge is 0.393 e. The van der Waals surface area contributed by atoms with Crippen LogP contribution >= 0.6 is 11.3 Å². The first kappa shape index (κ1) is 15.3. The number of aliphatic hydroxyl groups is 1. The Morgan fingerprint density at radius 3 is 3.00 bits per heavy atom. The lowest BCUT2D eigenvalue weighted by molar-refractivity contribution is 0.134. The molecule has 1 aliphatic carbocycles. The predicted octanol–water partition coefficient (Wildman–Crippen LogP) is 1.96. The Morgan fingerprint density at radius 1 is 1.55 bits per heavy atom. The summed E-state index contributed by atoms with van der Waals surface area (Å²) < 4.78 is 0. The van der Waals surface area contributed by atoms with Gasteiger partial charge in [-0.3, -0.25) is 4.99 Å². The summed E-state index contributed by atoms with van der Waals surface area (Å²) in [7, 11) is 3.88. The van der Waals surface area contributed by atoms with Crippen LogP contribution in [-0.2, 0) is 6.42 Å². The third-order valence-electron chi connectivity index (χ3n) is 3.99. The SMILES string of the molecule is CN=C(NCC1CCCC1O)N(C)CCc1cccs1. The van der Waals surface area contributed by atoms with E-state index in [1.807, 2.05) is 7.05 Å². The van der Waals surface area contributed by atoms with Crippen molar-refractivity contribution < 1.29 is 5.11 Å². The third-order valence-corrected chi connectivity index (χ3v) is 4.92. The van der Waals surface area contributed by atoms with Crippen molar-refractivity contribution in [1.29, 1.82) is 0 Å². The van der Waals surface area contributed by atoms with Crippen molar-refractivity contribution in [2.24, 2.45) is 10.9 Å². The number of hydrogen-bond acceptors (Lipinski definition) is 3. The maximum Gasteiger partial charge on any atom is 0.193 e. The Balaban J connectivity index is 1.75. The molecule has 0 aromatic carbocycles. The van der Waals surface area contributed by atoms with Crippen LogP contribution in [0.3, 0.4) is 0 Å². The number of nitrogens with one attached hydrogen (secondary N) is 1. The van der Waals surface area contributed by atoms with Crippen LogP contribution in [0, 0.1) is 5.92 Å². The number of likely N-dealkylation sites (N-methyl/N-ethyl adjacent to an activating group) is 1. The van der Waals surface area contributed by atoms with Gasteiger partial charge in [-0.25, -0.2) is 0 Å². The van der Waals surface area contributed by atoms with Gasteiger partial charge in [0.2, 0.25) is 0 Å². The van der Waals surface area contributed by atoms with E-state index in [0.717, 1.165) is 44.7 Å². The fourth-order valence-corrected chi connectivity index (χ4v) is 3.40. The molecule has 1 fully saturated rings. The Hall–Kier alpha value is -1.07. The molecule has 5 heteroatoms. The van der Waals surface area contributed by atoms with Gasteiger partial charge in [-0.15, -0.1) is 11.3 Å². The molecule has 0 amide bonds. The molecule has 0 saturated heterocycles. The van der Waals surface area contributed by atoms with Crippen LogP contribution in [0.2, 0.25) is 0 Å². The Labute approximate surface area is 125 Å². The number of nitrogens with zero attached hydrogens (tertiary/aromatic N) is 2. The van der Waals surface area contributed by atoms with Crippen LogP contribution in [0.4, 0.5) is 0 Å². The average Bonchev–Trinajstić information content (AvgIpc) is 3.09.